The summed E-state index contributed by atoms with van der Waals surface area (Å²) in [6.45, 7) is 10.8. The van der Waals surface area contributed by atoms with E-state index in [4.69, 9.17) is 0 Å². The first-order valence-corrected chi connectivity index (χ1v) is 6.22. The summed E-state index contributed by atoms with van der Waals surface area (Å²) in [5.74, 6) is -0.934. The molecule has 0 saturated carbocycles. The van der Waals surface area contributed by atoms with E-state index in [1.807, 2.05) is 6.92 Å². The third-order valence-corrected chi connectivity index (χ3v) is 3.26. The van der Waals surface area contributed by atoms with Crippen LogP contribution in [0.4, 0.5) is 5.69 Å². The summed E-state index contributed by atoms with van der Waals surface area (Å²) < 4.78 is 0. The quantitative estimate of drug-likeness (QED) is 0.842. The first-order valence-electron chi connectivity index (χ1n) is 6.22. The maximum atomic E-state index is 11.3. The Balaban J connectivity index is 3.04. The number of carboxylic acids is 1. The van der Waals surface area contributed by atoms with Gasteiger partial charge in [0.1, 0.15) is 5.56 Å². The van der Waals surface area contributed by atoms with Crippen LogP contribution in [0.15, 0.2) is 6.07 Å². The molecule has 4 nitrogen and oxygen atoms in total. The minimum atomic E-state index is -0.934. The second kappa shape index (κ2) is 5.38. The van der Waals surface area contributed by atoms with Crippen molar-refractivity contribution in [3.63, 3.8) is 0 Å². The molecule has 0 aliphatic carbocycles. The maximum Gasteiger partial charge on any atom is 0.339 e. The SMILES string of the molecule is CCC(C)(C)CNc1cc(C)nc(C)c1C(=O)O. The van der Waals surface area contributed by atoms with E-state index in [9.17, 15) is 9.90 Å². The van der Waals surface area contributed by atoms with E-state index in [1.165, 1.54) is 0 Å². The number of aromatic carboxylic acids is 1. The molecule has 18 heavy (non-hydrogen) atoms. The zero-order valence-electron chi connectivity index (χ0n) is 11.8. The second-order valence-corrected chi connectivity index (χ2v) is 5.45. The number of aromatic nitrogens is 1. The number of aryl methyl sites for hydroxylation is 2. The molecule has 0 aliphatic heterocycles. The van der Waals surface area contributed by atoms with Crippen molar-refractivity contribution in [2.45, 2.75) is 41.0 Å². The molecule has 0 aliphatic rings. The Morgan fingerprint density at radius 2 is 2.06 bits per heavy atom. The van der Waals surface area contributed by atoms with Crippen LogP contribution in [0.5, 0.6) is 0 Å². The van der Waals surface area contributed by atoms with Gasteiger partial charge in [-0.3, -0.25) is 4.98 Å². The third kappa shape index (κ3) is 3.45. The fourth-order valence-corrected chi connectivity index (χ4v) is 1.70. The number of carboxylic acid groups (broad SMARTS) is 1. The van der Waals surface area contributed by atoms with E-state index in [0.29, 0.717) is 11.4 Å². The fourth-order valence-electron chi connectivity index (χ4n) is 1.70. The van der Waals surface area contributed by atoms with Crippen molar-refractivity contribution >= 4 is 11.7 Å². The van der Waals surface area contributed by atoms with Crippen LogP contribution >= 0.6 is 0 Å². The predicted octanol–water partition coefficient (Wildman–Crippen LogP) is 3.24. The summed E-state index contributed by atoms with van der Waals surface area (Å²) in [5.41, 5.74) is 2.45. The Morgan fingerprint density at radius 1 is 1.44 bits per heavy atom. The Morgan fingerprint density at radius 3 is 2.56 bits per heavy atom. The Labute approximate surface area is 108 Å². The van der Waals surface area contributed by atoms with Crippen LogP contribution in [0.25, 0.3) is 0 Å². The van der Waals surface area contributed by atoms with Crippen molar-refractivity contribution in [3.05, 3.63) is 23.0 Å². The lowest BCUT2D eigenvalue weighted by Gasteiger charge is -2.24. The van der Waals surface area contributed by atoms with Gasteiger partial charge in [0.25, 0.3) is 0 Å². The van der Waals surface area contributed by atoms with Crippen LogP contribution in [-0.2, 0) is 0 Å². The number of pyridine rings is 1. The van der Waals surface area contributed by atoms with Gasteiger partial charge in [-0.1, -0.05) is 20.8 Å². The average Bonchev–Trinajstić information content (AvgIpc) is 2.25. The van der Waals surface area contributed by atoms with Crippen LogP contribution < -0.4 is 5.32 Å². The smallest absolute Gasteiger partial charge is 0.339 e. The molecule has 0 unspecified atom stereocenters. The molecule has 1 heterocycles. The number of nitrogens with zero attached hydrogens (tertiary/aromatic N) is 1. The summed E-state index contributed by atoms with van der Waals surface area (Å²) in [6, 6.07) is 1.79. The van der Waals surface area contributed by atoms with Gasteiger partial charge < -0.3 is 10.4 Å². The molecule has 0 spiro atoms. The van der Waals surface area contributed by atoms with E-state index in [0.717, 1.165) is 18.7 Å². The molecule has 1 aromatic rings. The molecular weight excluding hydrogens is 228 g/mol. The Kier molecular flexibility index (Phi) is 4.33. The minimum absolute atomic E-state index is 0.140. The summed E-state index contributed by atoms with van der Waals surface area (Å²) in [5, 5.41) is 12.5. The highest BCUT2D eigenvalue weighted by molar-refractivity contribution is 5.95. The van der Waals surface area contributed by atoms with E-state index in [-0.39, 0.29) is 11.0 Å². The van der Waals surface area contributed by atoms with Gasteiger partial charge in [0, 0.05) is 12.2 Å². The molecule has 0 bridgehead atoms. The van der Waals surface area contributed by atoms with E-state index < -0.39 is 5.97 Å². The molecule has 0 amide bonds. The highest BCUT2D eigenvalue weighted by Gasteiger charge is 2.19. The molecule has 0 fully saturated rings. The third-order valence-electron chi connectivity index (χ3n) is 3.26. The molecule has 1 rings (SSSR count). The molecule has 4 heteroatoms. The molecule has 0 atom stereocenters. The first-order chi connectivity index (χ1) is 8.26. The van der Waals surface area contributed by atoms with Crippen molar-refractivity contribution in [2.24, 2.45) is 5.41 Å². The van der Waals surface area contributed by atoms with E-state index in [1.54, 1.807) is 13.0 Å². The largest absolute Gasteiger partial charge is 0.478 e. The maximum absolute atomic E-state index is 11.3. The highest BCUT2D eigenvalue weighted by atomic mass is 16.4. The van der Waals surface area contributed by atoms with Gasteiger partial charge in [-0.05, 0) is 31.7 Å². The monoisotopic (exact) mass is 250 g/mol. The average molecular weight is 250 g/mol. The number of hydrogen-bond acceptors (Lipinski definition) is 3. The second-order valence-electron chi connectivity index (χ2n) is 5.45. The van der Waals surface area contributed by atoms with Gasteiger partial charge in [-0.15, -0.1) is 0 Å². The zero-order valence-corrected chi connectivity index (χ0v) is 11.8. The van der Waals surface area contributed by atoms with Crippen molar-refractivity contribution in [1.29, 1.82) is 0 Å². The number of nitrogens with one attached hydrogen (secondary N) is 1. The highest BCUT2D eigenvalue weighted by Crippen LogP contribution is 2.24. The van der Waals surface area contributed by atoms with E-state index in [2.05, 4.69) is 31.1 Å². The van der Waals surface area contributed by atoms with Crippen LogP contribution in [0.2, 0.25) is 0 Å². The lowest BCUT2D eigenvalue weighted by atomic mass is 9.90. The molecule has 2 N–H and O–H groups in total. The van der Waals surface area contributed by atoms with Gasteiger partial charge in [-0.2, -0.15) is 0 Å². The van der Waals surface area contributed by atoms with Gasteiger partial charge >= 0.3 is 5.97 Å². The van der Waals surface area contributed by atoms with Crippen LogP contribution in [0.1, 0.15) is 48.9 Å². The number of carbonyl (C=O) groups is 1. The van der Waals surface area contributed by atoms with Crippen LogP contribution in [0.3, 0.4) is 0 Å². The first kappa shape index (κ1) is 14.5. The summed E-state index contributed by atoms with van der Waals surface area (Å²) in [7, 11) is 0. The lowest BCUT2D eigenvalue weighted by Crippen LogP contribution is -2.23. The molecule has 0 aromatic carbocycles. The standard InChI is InChI=1S/C14H22N2O2/c1-6-14(4,5)8-15-11-7-9(2)16-10(3)12(11)13(17)18/h7H,6,8H2,1-5H3,(H,15,16)(H,17,18). The molecular formula is C14H22N2O2. The summed E-state index contributed by atoms with van der Waals surface area (Å²) >= 11 is 0. The van der Waals surface area contributed by atoms with Crippen molar-refractivity contribution in [1.82, 2.24) is 4.98 Å². The van der Waals surface area contributed by atoms with Gasteiger partial charge in [0.05, 0.1) is 11.4 Å². The zero-order chi connectivity index (χ0) is 13.9. The predicted molar refractivity (Wildman–Crippen MR) is 73.2 cm³/mol. The molecule has 0 radical (unpaired) electrons. The summed E-state index contributed by atoms with van der Waals surface area (Å²) in [4.78, 5) is 15.5. The molecule has 0 saturated heterocycles. The molecule has 1 aromatic heterocycles. The minimum Gasteiger partial charge on any atom is -0.478 e. The van der Waals surface area contributed by atoms with Crippen molar-refractivity contribution < 1.29 is 9.90 Å². The van der Waals surface area contributed by atoms with Crippen molar-refractivity contribution in [2.75, 3.05) is 11.9 Å². The number of rotatable bonds is 5. The van der Waals surface area contributed by atoms with Crippen LogP contribution in [-0.4, -0.2) is 22.6 Å². The van der Waals surface area contributed by atoms with Gasteiger partial charge in [0.2, 0.25) is 0 Å². The topological polar surface area (TPSA) is 62.2 Å². The van der Waals surface area contributed by atoms with Gasteiger partial charge in [-0.25, -0.2) is 4.79 Å². The number of hydrogen-bond donors (Lipinski definition) is 2. The number of anilines is 1. The van der Waals surface area contributed by atoms with E-state index >= 15 is 0 Å². The summed E-state index contributed by atoms with van der Waals surface area (Å²) in [6.07, 6.45) is 1.03. The fraction of sp³-hybridized carbons (Fsp3) is 0.571. The lowest BCUT2D eigenvalue weighted by molar-refractivity contribution is 0.0696. The normalized spacial score (nSPS) is 11.4. The van der Waals surface area contributed by atoms with Crippen molar-refractivity contribution in [3.8, 4) is 0 Å². The molecule has 100 valence electrons. The van der Waals surface area contributed by atoms with Gasteiger partial charge in [0.15, 0.2) is 0 Å². The Hall–Kier alpha value is -1.58. The van der Waals surface area contributed by atoms with Crippen LogP contribution in [0, 0.1) is 19.3 Å². The Bertz CT molecular complexity index is 453.